The van der Waals surface area contributed by atoms with Crippen molar-refractivity contribution in [3.05, 3.63) is 29.8 Å². The largest absolute Gasteiger partial charge is 0.460 e. The third kappa shape index (κ3) is 21.4. The molecule has 1 aromatic rings. The lowest BCUT2D eigenvalue weighted by atomic mass is 9.90. The molecule has 8 amide bonds. The van der Waals surface area contributed by atoms with E-state index in [2.05, 4.69) is 62.8 Å². The lowest BCUT2D eigenvalue weighted by Crippen LogP contribution is -2.59. The molecule has 2 atom stereocenters. The predicted molar refractivity (Wildman–Crippen MR) is 244 cm³/mol. The van der Waals surface area contributed by atoms with Gasteiger partial charge in [0.25, 0.3) is 0 Å². The van der Waals surface area contributed by atoms with Crippen molar-refractivity contribution in [1.82, 2.24) is 30.7 Å². The molecular weight excluding hydrogens is 829 g/mol. The molecule has 0 unspecified atom stereocenters. The van der Waals surface area contributed by atoms with Crippen LogP contribution in [0.25, 0.3) is 0 Å². The maximum Gasteiger partial charge on any atom is 0.312 e. The van der Waals surface area contributed by atoms with Crippen molar-refractivity contribution in [2.75, 3.05) is 43.4 Å². The zero-order chi connectivity index (χ0) is 47.7. The summed E-state index contributed by atoms with van der Waals surface area (Å²) in [4.78, 5) is 108. The lowest BCUT2D eigenvalue weighted by molar-refractivity contribution is -0.159. The summed E-state index contributed by atoms with van der Waals surface area (Å²) in [7, 11) is 0. The standard InChI is InChI=1S/C45H74N8O9S/c1-30(2)38(40(59)49-33(13-12-23-47-42(46)61)39(58)48-32-16-14-31(15-17-32)25-62-41(60)45(9,10)11)50-34(54)26-63-24-20-37(57)53-28-51(35(55)18-21-43(3,4)5)27-52(29-53)36(56)19-22-44(6,7)8/h14-17,30,33,38H,12-13,18-29H2,1-11H3,(H,48,58)(H,49,59)(H,50,54)(H3,46,47,61)/t33-,38-/m0/s1. The monoisotopic (exact) mass is 903 g/mol. The first kappa shape index (κ1) is 54.3. The molecule has 18 heteroatoms. The van der Waals surface area contributed by atoms with Gasteiger partial charge in [-0.2, -0.15) is 11.8 Å². The van der Waals surface area contributed by atoms with E-state index in [1.807, 2.05) is 0 Å². The molecule has 354 valence electrons. The second kappa shape index (κ2) is 24.8. The van der Waals surface area contributed by atoms with Gasteiger partial charge in [0.1, 0.15) is 18.7 Å². The van der Waals surface area contributed by atoms with E-state index in [0.717, 1.165) is 0 Å². The summed E-state index contributed by atoms with van der Waals surface area (Å²) >= 11 is 1.21. The number of benzene rings is 1. The van der Waals surface area contributed by atoms with Gasteiger partial charge in [0.15, 0.2) is 0 Å². The van der Waals surface area contributed by atoms with Crippen LogP contribution in [0.3, 0.4) is 0 Å². The molecule has 0 aromatic heterocycles. The molecule has 1 saturated heterocycles. The van der Waals surface area contributed by atoms with Crippen molar-refractivity contribution >= 4 is 64.9 Å². The Morgan fingerprint density at radius 3 is 1.70 bits per heavy atom. The van der Waals surface area contributed by atoms with Gasteiger partial charge in [-0.3, -0.25) is 33.6 Å². The second-order valence-corrected chi connectivity index (χ2v) is 21.1. The van der Waals surface area contributed by atoms with Gasteiger partial charge in [0.05, 0.1) is 31.2 Å². The molecule has 0 spiro atoms. The summed E-state index contributed by atoms with van der Waals surface area (Å²) in [6, 6.07) is 3.96. The Balaban J connectivity index is 2.03. The molecule has 1 aliphatic heterocycles. The molecule has 6 N–H and O–H groups in total. The molecule has 0 radical (unpaired) electrons. The van der Waals surface area contributed by atoms with Crippen molar-refractivity contribution in [2.45, 2.75) is 140 Å². The third-order valence-corrected chi connectivity index (χ3v) is 11.0. The van der Waals surface area contributed by atoms with Crippen LogP contribution in [0.4, 0.5) is 10.5 Å². The minimum Gasteiger partial charge on any atom is -0.460 e. The van der Waals surface area contributed by atoms with Crippen LogP contribution >= 0.6 is 11.8 Å². The highest BCUT2D eigenvalue weighted by Crippen LogP contribution is 2.25. The number of ether oxygens (including phenoxy) is 1. The quantitative estimate of drug-likeness (QED) is 0.0825. The predicted octanol–water partition coefficient (Wildman–Crippen LogP) is 4.94. The average molecular weight is 903 g/mol. The fourth-order valence-electron chi connectivity index (χ4n) is 6.07. The van der Waals surface area contributed by atoms with Crippen LogP contribution in [0.1, 0.15) is 127 Å². The minimum absolute atomic E-state index is 0.0489. The van der Waals surface area contributed by atoms with Gasteiger partial charge in [0, 0.05) is 37.2 Å². The van der Waals surface area contributed by atoms with Crippen molar-refractivity contribution in [3.63, 3.8) is 0 Å². The Morgan fingerprint density at radius 1 is 0.730 bits per heavy atom. The number of hydrogen-bond acceptors (Lipinski definition) is 10. The fourth-order valence-corrected chi connectivity index (χ4v) is 6.80. The van der Waals surface area contributed by atoms with E-state index in [4.69, 9.17) is 10.5 Å². The van der Waals surface area contributed by atoms with Crippen LogP contribution in [-0.2, 0) is 44.9 Å². The molecule has 2 rings (SSSR count). The summed E-state index contributed by atoms with van der Waals surface area (Å²) < 4.78 is 5.36. The molecule has 0 aliphatic carbocycles. The molecule has 1 heterocycles. The number of nitrogens with one attached hydrogen (secondary N) is 4. The first-order chi connectivity index (χ1) is 29.1. The second-order valence-electron chi connectivity index (χ2n) is 19.9. The van der Waals surface area contributed by atoms with E-state index in [0.29, 0.717) is 43.4 Å². The Labute approximate surface area is 378 Å². The first-order valence-corrected chi connectivity index (χ1v) is 22.9. The number of carbonyl (C=O) groups excluding carboxylic acids is 8. The molecule has 63 heavy (non-hydrogen) atoms. The number of hydrogen-bond donors (Lipinski definition) is 5. The molecule has 1 aliphatic rings. The summed E-state index contributed by atoms with van der Waals surface area (Å²) in [6.45, 7) is 21.6. The lowest BCUT2D eigenvalue weighted by Gasteiger charge is -2.42. The maximum absolute atomic E-state index is 13.6. The number of urea groups is 1. The van der Waals surface area contributed by atoms with Crippen LogP contribution in [0.5, 0.6) is 0 Å². The van der Waals surface area contributed by atoms with Crippen LogP contribution in [0.2, 0.25) is 0 Å². The van der Waals surface area contributed by atoms with Crippen LogP contribution in [0, 0.1) is 22.2 Å². The van der Waals surface area contributed by atoms with Crippen LogP contribution in [0.15, 0.2) is 24.3 Å². The molecule has 1 fully saturated rings. The SMILES string of the molecule is CC(C)[C@H](NC(=O)CSCCC(=O)N1CN(C(=O)CCC(C)(C)C)CN(C(=O)CCC(C)(C)C)C1)C(=O)N[C@@H](CCCNC(N)=O)C(=O)Nc1ccc(COC(=O)C(C)(C)C)cc1. The van der Waals surface area contributed by atoms with E-state index in [-0.39, 0.29) is 97.9 Å². The smallest absolute Gasteiger partial charge is 0.312 e. The highest BCUT2D eigenvalue weighted by atomic mass is 32.2. The van der Waals surface area contributed by atoms with E-state index in [1.165, 1.54) is 16.7 Å². The maximum atomic E-state index is 13.6. The van der Waals surface area contributed by atoms with Gasteiger partial charge in [0.2, 0.25) is 35.4 Å². The normalized spacial score (nSPS) is 14.4. The minimum atomic E-state index is -1.04. The number of anilines is 1. The van der Waals surface area contributed by atoms with Gasteiger partial charge in [-0.05, 0) is 80.9 Å². The average Bonchev–Trinajstić information content (AvgIpc) is 3.18. The van der Waals surface area contributed by atoms with Crippen molar-refractivity contribution in [3.8, 4) is 0 Å². The number of primary amides is 1. The first-order valence-electron chi connectivity index (χ1n) is 21.8. The molecular formula is C45H74N8O9S. The van der Waals surface area contributed by atoms with Crippen molar-refractivity contribution in [1.29, 1.82) is 0 Å². The Kier molecular flexibility index (Phi) is 21.4. The van der Waals surface area contributed by atoms with Crippen LogP contribution in [-0.4, -0.2) is 112 Å². The summed E-state index contributed by atoms with van der Waals surface area (Å²) in [5, 5.41) is 10.8. The number of thioether (sulfide) groups is 1. The zero-order valence-electron chi connectivity index (χ0n) is 39.4. The van der Waals surface area contributed by atoms with Crippen LogP contribution < -0.4 is 27.0 Å². The topological polar surface area (TPSA) is 230 Å². The highest BCUT2D eigenvalue weighted by molar-refractivity contribution is 7.99. The zero-order valence-corrected chi connectivity index (χ0v) is 40.3. The number of rotatable bonds is 21. The van der Waals surface area contributed by atoms with E-state index < -0.39 is 41.3 Å². The van der Waals surface area contributed by atoms with E-state index in [1.54, 1.807) is 68.7 Å². The van der Waals surface area contributed by atoms with E-state index >= 15 is 0 Å². The van der Waals surface area contributed by atoms with Crippen molar-refractivity contribution < 1.29 is 43.1 Å². The third-order valence-electron chi connectivity index (χ3n) is 10.0. The van der Waals surface area contributed by atoms with Gasteiger partial charge in [-0.15, -0.1) is 0 Å². The number of carbonyl (C=O) groups is 8. The summed E-state index contributed by atoms with van der Waals surface area (Å²) in [5.41, 5.74) is 5.59. The summed E-state index contributed by atoms with van der Waals surface area (Å²) in [5.74, 6) is -2.51. The Morgan fingerprint density at radius 2 is 1.24 bits per heavy atom. The van der Waals surface area contributed by atoms with E-state index in [9.17, 15) is 38.4 Å². The Bertz CT molecular complexity index is 1700. The number of amides is 8. The van der Waals surface area contributed by atoms with Gasteiger partial charge in [-0.1, -0.05) is 67.5 Å². The molecule has 0 saturated carbocycles. The number of nitrogens with two attached hydrogens (primary N) is 1. The molecule has 17 nitrogen and oxygen atoms in total. The summed E-state index contributed by atoms with van der Waals surface area (Å²) in [6.07, 6.45) is 2.43. The molecule has 0 bridgehead atoms. The highest BCUT2D eigenvalue weighted by Gasteiger charge is 2.33. The van der Waals surface area contributed by atoms with Gasteiger partial charge in [-0.25, -0.2) is 4.79 Å². The van der Waals surface area contributed by atoms with Crippen molar-refractivity contribution in [2.24, 2.45) is 27.9 Å². The fraction of sp³-hybridized carbons (Fsp3) is 0.689. The van der Waals surface area contributed by atoms with Gasteiger partial charge < -0.3 is 46.4 Å². The Hall–Kier alpha value is -4.87. The molecule has 1 aromatic carbocycles. The van der Waals surface area contributed by atoms with Gasteiger partial charge >= 0.3 is 12.0 Å². The number of nitrogens with zero attached hydrogens (tertiary/aromatic N) is 3. The number of esters is 1.